The maximum atomic E-state index is 12.0. The summed E-state index contributed by atoms with van der Waals surface area (Å²) in [6, 6.07) is 0. The first-order chi connectivity index (χ1) is 8.58. The van der Waals surface area contributed by atoms with E-state index in [2.05, 4.69) is 10.3 Å². The van der Waals surface area contributed by atoms with Gasteiger partial charge < -0.3 is 10.4 Å². The number of nitrogens with one attached hydrogen (secondary N) is 1. The Labute approximate surface area is 112 Å². The van der Waals surface area contributed by atoms with Gasteiger partial charge in [-0.2, -0.15) is 0 Å². The van der Waals surface area contributed by atoms with Crippen LogP contribution in [0.3, 0.4) is 0 Å². The third kappa shape index (κ3) is 2.88. The Morgan fingerprint density at radius 1 is 1.50 bits per heavy atom. The third-order valence-corrected chi connectivity index (χ3v) is 3.81. The zero-order chi connectivity index (χ0) is 13.1. The largest absolute Gasteiger partial charge is 0.481 e. The third-order valence-electron chi connectivity index (χ3n) is 2.81. The Kier molecular flexibility index (Phi) is 3.98. The van der Waals surface area contributed by atoms with Gasteiger partial charge in [0.05, 0.1) is 11.8 Å². The van der Waals surface area contributed by atoms with Gasteiger partial charge in [-0.15, -0.1) is 11.3 Å². The minimum atomic E-state index is -0.977. The van der Waals surface area contributed by atoms with Gasteiger partial charge in [-0.05, 0) is 12.8 Å². The summed E-state index contributed by atoms with van der Waals surface area (Å²) in [5, 5.41) is 14.5. The van der Waals surface area contributed by atoms with E-state index < -0.39 is 17.8 Å². The first-order valence-electron chi connectivity index (χ1n) is 5.35. The molecule has 0 bridgehead atoms. The fourth-order valence-corrected chi connectivity index (χ4v) is 2.67. The van der Waals surface area contributed by atoms with Crippen LogP contribution in [0.2, 0.25) is 0 Å². The maximum Gasteiger partial charge on any atom is 0.307 e. The molecule has 2 rings (SSSR count). The number of nitrogens with zero attached hydrogens (tertiary/aromatic N) is 1. The Hall–Kier alpha value is -1.40. The van der Waals surface area contributed by atoms with E-state index in [1.807, 2.05) is 0 Å². The average Bonchev–Trinajstić information content (AvgIpc) is 2.81. The van der Waals surface area contributed by atoms with Gasteiger partial charge in [-0.3, -0.25) is 9.59 Å². The lowest BCUT2D eigenvalue weighted by Gasteiger charge is -2.25. The van der Waals surface area contributed by atoms with Gasteiger partial charge in [0.25, 0.3) is 0 Å². The highest BCUT2D eigenvalue weighted by atomic mass is 35.5. The number of anilines is 1. The number of carbonyl (C=O) groups excluding carboxylic acids is 1. The predicted octanol–water partition coefficient (Wildman–Crippen LogP) is 2.32. The molecule has 0 unspecified atom stereocenters. The number of aromatic nitrogens is 1. The molecule has 5 nitrogen and oxygen atoms in total. The van der Waals surface area contributed by atoms with Crippen molar-refractivity contribution in [3.63, 3.8) is 0 Å². The lowest BCUT2D eigenvalue weighted by molar-refractivity contribution is -0.146. The normalized spacial score (nSPS) is 23.3. The maximum absolute atomic E-state index is 12.0. The molecule has 0 spiro atoms. The number of hydrogen-bond acceptors (Lipinski definition) is 4. The van der Waals surface area contributed by atoms with E-state index in [4.69, 9.17) is 16.7 Å². The second-order valence-corrected chi connectivity index (χ2v) is 5.35. The van der Waals surface area contributed by atoms with Crippen LogP contribution < -0.4 is 5.32 Å². The minimum Gasteiger partial charge on any atom is -0.481 e. The molecule has 0 radical (unpaired) electrons. The Balaban J connectivity index is 2.11. The molecule has 1 aliphatic rings. The van der Waals surface area contributed by atoms with E-state index in [-0.39, 0.29) is 18.7 Å². The van der Waals surface area contributed by atoms with Crippen molar-refractivity contribution < 1.29 is 14.7 Å². The van der Waals surface area contributed by atoms with Gasteiger partial charge in [0, 0.05) is 16.6 Å². The van der Waals surface area contributed by atoms with Gasteiger partial charge in [-0.1, -0.05) is 17.7 Å². The zero-order valence-corrected chi connectivity index (χ0v) is 10.9. The highest BCUT2D eigenvalue weighted by Gasteiger charge is 2.36. The van der Waals surface area contributed by atoms with E-state index in [9.17, 15) is 9.59 Å². The minimum absolute atomic E-state index is 0.260. The van der Waals surface area contributed by atoms with Crippen LogP contribution in [-0.4, -0.2) is 22.0 Å². The summed E-state index contributed by atoms with van der Waals surface area (Å²) in [7, 11) is 0. The van der Waals surface area contributed by atoms with Gasteiger partial charge in [0.15, 0.2) is 5.13 Å². The second-order valence-electron chi connectivity index (χ2n) is 3.97. The predicted molar refractivity (Wildman–Crippen MR) is 68.5 cm³/mol. The smallest absolute Gasteiger partial charge is 0.307 e. The van der Waals surface area contributed by atoms with Crippen molar-refractivity contribution in [2.75, 3.05) is 5.32 Å². The zero-order valence-electron chi connectivity index (χ0n) is 9.30. The van der Waals surface area contributed by atoms with Crippen molar-refractivity contribution in [2.24, 2.45) is 11.8 Å². The van der Waals surface area contributed by atoms with Crippen LogP contribution in [0.15, 0.2) is 22.7 Å². The van der Waals surface area contributed by atoms with E-state index in [1.54, 1.807) is 17.7 Å². The summed E-state index contributed by atoms with van der Waals surface area (Å²) in [4.78, 5) is 27.1. The fraction of sp³-hybridized carbons (Fsp3) is 0.364. The number of halogens is 1. The van der Waals surface area contributed by atoms with E-state index in [0.717, 1.165) is 0 Å². The summed E-state index contributed by atoms with van der Waals surface area (Å²) in [6.45, 7) is 0. The quantitative estimate of drug-likeness (QED) is 0.894. The lowest BCUT2D eigenvalue weighted by atomic mass is 9.82. The monoisotopic (exact) mass is 286 g/mol. The van der Waals surface area contributed by atoms with E-state index >= 15 is 0 Å². The molecule has 1 aromatic rings. The standard InChI is InChI=1S/C11H11ClN2O3S/c12-6-1-2-7(10(16)17)8(5-6)9(15)14-11-13-3-4-18-11/h1,3-4,7-8H,2,5H2,(H,16,17)(H,13,14,15)/t7-,8-/m1/s1. The molecular weight excluding hydrogens is 276 g/mol. The number of amides is 1. The molecule has 2 N–H and O–H groups in total. The number of allylic oxidation sites excluding steroid dienone is 2. The molecule has 0 saturated heterocycles. The Morgan fingerprint density at radius 3 is 2.89 bits per heavy atom. The van der Waals surface area contributed by atoms with Gasteiger partial charge in [-0.25, -0.2) is 4.98 Å². The van der Waals surface area contributed by atoms with Gasteiger partial charge >= 0.3 is 5.97 Å². The Bertz CT molecular complexity index is 486. The van der Waals surface area contributed by atoms with Crippen molar-refractivity contribution in [1.29, 1.82) is 0 Å². The lowest BCUT2D eigenvalue weighted by Crippen LogP contribution is -2.35. The first-order valence-corrected chi connectivity index (χ1v) is 6.61. The molecule has 96 valence electrons. The molecule has 2 atom stereocenters. The van der Waals surface area contributed by atoms with Crippen molar-refractivity contribution in [2.45, 2.75) is 12.8 Å². The van der Waals surface area contributed by atoms with Gasteiger partial charge in [0.2, 0.25) is 5.91 Å². The molecule has 7 heteroatoms. The van der Waals surface area contributed by atoms with Crippen LogP contribution in [0, 0.1) is 11.8 Å². The van der Waals surface area contributed by atoms with E-state index in [1.165, 1.54) is 11.3 Å². The summed E-state index contributed by atoms with van der Waals surface area (Å²) in [5.41, 5.74) is 0. The molecule has 0 fully saturated rings. The van der Waals surface area contributed by atoms with E-state index in [0.29, 0.717) is 10.2 Å². The number of carbonyl (C=O) groups is 2. The van der Waals surface area contributed by atoms with Crippen molar-refractivity contribution in [3.05, 3.63) is 22.7 Å². The topological polar surface area (TPSA) is 79.3 Å². The summed E-state index contributed by atoms with van der Waals surface area (Å²) >= 11 is 7.17. The summed E-state index contributed by atoms with van der Waals surface area (Å²) < 4.78 is 0. The highest BCUT2D eigenvalue weighted by molar-refractivity contribution is 7.13. The van der Waals surface area contributed by atoms with Crippen LogP contribution in [0.5, 0.6) is 0 Å². The molecule has 0 aromatic carbocycles. The molecular formula is C11H11ClN2O3S. The van der Waals surface area contributed by atoms with Crippen molar-refractivity contribution in [3.8, 4) is 0 Å². The first kappa shape index (κ1) is 13.0. The molecule has 1 amide bonds. The van der Waals surface area contributed by atoms with Crippen LogP contribution >= 0.6 is 22.9 Å². The molecule has 1 aliphatic carbocycles. The molecule has 18 heavy (non-hydrogen) atoms. The summed E-state index contributed by atoms with van der Waals surface area (Å²) in [5.74, 6) is -2.70. The van der Waals surface area contributed by atoms with Crippen molar-refractivity contribution in [1.82, 2.24) is 4.98 Å². The summed E-state index contributed by atoms with van der Waals surface area (Å²) in [6.07, 6.45) is 3.77. The van der Waals surface area contributed by atoms with Crippen LogP contribution in [-0.2, 0) is 9.59 Å². The molecule has 0 aliphatic heterocycles. The number of hydrogen-bond donors (Lipinski definition) is 2. The van der Waals surface area contributed by atoms with Crippen LogP contribution in [0.4, 0.5) is 5.13 Å². The van der Waals surface area contributed by atoms with Crippen molar-refractivity contribution >= 4 is 39.9 Å². The number of rotatable bonds is 3. The molecule has 1 aromatic heterocycles. The molecule has 0 saturated carbocycles. The average molecular weight is 287 g/mol. The number of aliphatic carboxylic acids is 1. The number of thiazole rings is 1. The number of carboxylic acids is 1. The second kappa shape index (κ2) is 5.49. The fourth-order valence-electron chi connectivity index (χ4n) is 1.89. The Morgan fingerprint density at radius 2 is 2.28 bits per heavy atom. The molecule has 1 heterocycles. The number of carboxylic acid groups (broad SMARTS) is 1. The van der Waals surface area contributed by atoms with Gasteiger partial charge in [0.1, 0.15) is 0 Å². The van der Waals surface area contributed by atoms with Crippen LogP contribution in [0.25, 0.3) is 0 Å². The van der Waals surface area contributed by atoms with Crippen LogP contribution in [0.1, 0.15) is 12.8 Å². The SMILES string of the molecule is O=C(O)[C@@H]1CC=C(Cl)C[C@H]1C(=O)Nc1nccs1. The highest BCUT2D eigenvalue weighted by Crippen LogP contribution is 2.32.